The van der Waals surface area contributed by atoms with E-state index in [1.54, 1.807) is 0 Å². The summed E-state index contributed by atoms with van der Waals surface area (Å²) in [7, 11) is 1.19. The zero-order valence-electron chi connectivity index (χ0n) is 18.7. The Bertz CT molecular complexity index is 652. The van der Waals surface area contributed by atoms with Crippen molar-refractivity contribution in [2.45, 2.75) is 92.1 Å². The molecule has 16 nitrogen and oxygen atoms in total. The van der Waals surface area contributed by atoms with Gasteiger partial charge >= 0.3 is 0 Å². The first-order valence-electron chi connectivity index (χ1n) is 11.0. The molecule has 3 aliphatic rings. The van der Waals surface area contributed by atoms with Crippen LogP contribution in [0, 0.1) is 0 Å². The predicted octanol–water partition coefficient (Wildman–Crippen LogP) is -6.92. The molecule has 0 aromatic heterocycles. The summed E-state index contributed by atoms with van der Waals surface area (Å²) in [5.41, 5.74) is 0. The third-order valence-electron chi connectivity index (χ3n) is 6.29. The maximum Gasteiger partial charge on any atom is 0.187 e. The second-order valence-electron chi connectivity index (χ2n) is 8.59. The SMILES string of the molecule is COC1OC(COC2OC(CO)C(O)C(O)C2O)C(OC2OC(CO)C(O)C(O)C2O)C(O)C1O. The molecular formula is C19H34O16. The highest BCUT2D eigenvalue weighted by Crippen LogP contribution is 2.30. The molecule has 15 atom stereocenters. The van der Waals surface area contributed by atoms with Gasteiger partial charge in [-0.25, -0.2) is 0 Å². The van der Waals surface area contributed by atoms with E-state index in [1.165, 1.54) is 7.11 Å². The van der Waals surface area contributed by atoms with Crippen molar-refractivity contribution in [3.8, 4) is 0 Å². The first-order valence-corrected chi connectivity index (χ1v) is 11.0. The Morgan fingerprint density at radius 3 is 1.51 bits per heavy atom. The van der Waals surface area contributed by atoms with E-state index in [4.69, 9.17) is 28.4 Å². The van der Waals surface area contributed by atoms with Gasteiger partial charge in [-0.1, -0.05) is 0 Å². The van der Waals surface area contributed by atoms with Gasteiger partial charge in [0.2, 0.25) is 0 Å². The summed E-state index contributed by atoms with van der Waals surface area (Å²) in [4.78, 5) is 0. The van der Waals surface area contributed by atoms with Crippen LogP contribution in [-0.4, -0.2) is 170 Å². The fourth-order valence-corrected chi connectivity index (χ4v) is 4.13. The molecule has 0 spiro atoms. The van der Waals surface area contributed by atoms with Crippen LogP contribution < -0.4 is 0 Å². The van der Waals surface area contributed by atoms with Gasteiger partial charge in [0.15, 0.2) is 18.9 Å². The average Bonchev–Trinajstić information content (AvgIpc) is 2.85. The molecule has 16 heteroatoms. The molecule has 10 N–H and O–H groups in total. The number of ether oxygens (including phenoxy) is 6. The Hall–Kier alpha value is -0.640. The van der Waals surface area contributed by atoms with Gasteiger partial charge in [0.1, 0.15) is 73.2 Å². The van der Waals surface area contributed by atoms with Gasteiger partial charge in [-0.2, -0.15) is 0 Å². The monoisotopic (exact) mass is 518 g/mol. The molecule has 0 amide bonds. The molecular weight excluding hydrogens is 484 g/mol. The number of aliphatic hydroxyl groups is 10. The second kappa shape index (κ2) is 12.3. The minimum Gasteiger partial charge on any atom is -0.394 e. The molecule has 3 fully saturated rings. The van der Waals surface area contributed by atoms with Crippen LogP contribution in [0.15, 0.2) is 0 Å². The average molecular weight is 518 g/mol. The zero-order valence-corrected chi connectivity index (χ0v) is 18.7. The normalized spacial score (nSPS) is 51.3. The first-order chi connectivity index (χ1) is 16.5. The smallest absolute Gasteiger partial charge is 0.187 e. The molecule has 35 heavy (non-hydrogen) atoms. The van der Waals surface area contributed by atoms with Crippen molar-refractivity contribution in [1.29, 1.82) is 0 Å². The summed E-state index contributed by atoms with van der Waals surface area (Å²) in [5.74, 6) is 0. The lowest BCUT2D eigenvalue weighted by atomic mass is 9.97. The highest BCUT2D eigenvalue weighted by molar-refractivity contribution is 4.95. The summed E-state index contributed by atoms with van der Waals surface area (Å²) in [6, 6.07) is 0. The summed E-state index contributed by atoms with van der Waals surface area (Å²) >= 11 is 0. The van der Waals surface area contributed by atoms with Crippen molar-refractivity contribution in [2.75, 3.05) is 26.9 Å². The molecule has 3 saturated heterocycles. The van der Waals surface area contributed by atoms with E-state index in [1.807, 2.05) is 0 Å². The van der Waals surface area contributed by atoms with E-state index in [2.05, 4.69) is 0 Å². The van der Waals surface area contributed by atoms with Crippen molar-refractivity contribution >= 4 is 0 Å². The van der Waals surface area contributed by atoms with Crippen molar-refractivity contribution in [3.63, 3.8) is 0 Å². The highest BCUT2D eigenvalue weighted by Gasteiger charge is 2.51. The maximum absolute atomic E-state index is 10.6. The standard InChI is InChI=1S/C19H34O16/c1-30-17-15(29)12(26)16(35-19-14(28)11(25)9(23)6(3-21)33-19)7(34-17)4-31-18-13(27)10(24)8(22)5(2-20)32-18/h5-29H,2-4H2,1H3. The van der Waals surface area contributed by atoms with Crippen molar-refractivity contribution in [2.24, 2.45) is 0 Å². The zero-order chi connectivity index (χ0) is 26.0. The molecule has 0 aromatic rings. The first kappa shape index (κ1) is 28.9. The van der Waals surface area contributed by atoms with E-state index in [-0.39, 0.29) is 0 Å². The molecule has 3 rings (SSSR count). The van der Waals surface area contributed by atoms with Crippen LogP contribution in [0.25, 0.3) is 0 Å². The van der Waals surface area contributed by atoms with E-state index in [0.29, 0.717) is 0 Å². The van der Waals surface area contributed by atoms with Crippen LogP contribution in [0.2, 0.25) is 0 Å². The summed E-state index contributed by atoms with van der Waals surface area (Å²) in [6.07, 6.45) is -23.6. The van der Waals surface area contributed by atoms with Gasteiger partial charge in [0.05, 0.1) is 19.8 Å². The fourth-order valence-electron chi connectivity index (χ4n) is 4.13. The number of hydrogen-bond donors (Lipinski definition) is 10. The third-order valence-corrected chi connectivity index (χ3v) is 6.29. The second-order valence-corrected chi connectivity index (χ2v) is 8.59. The molecule has 0 aliphatic carbocycles. The Labute approximate surface area is 199 Å². The molecule has 0 bridgehead atoms. The fraction of sp³-hybridized carbons (Fsp3) is 1.00. The van der Waals surface area contributed by atoms with Gasteiger partial charge < -0.3 is 79.5 Å². The number of methoxy groups -OCH3 is 1. The van der Waals surface area contributed by atoms with Crippen LogP contribution in [0.3, 0.4) is 0 Å². The Morgan fingerprint density at radius 1 is 0.543 bits per heavy atom. The summed E-state index contributed by atoms with van der Waals surface area (Å²) in [6.45, 7) is -1.95. The van der Waals surface area contributed by atoms with Gasteiger partial charge in [0, 0.05) is 7.11 Å². The predicted molar refractivity (Wildman–Crippen MR) is 106 cm³/mol. The molecule has 3 heterocycles. The van der Waals surface area contributed by atoms with Crippen molar-refractivity contribution < 1.29 is 79.5 Å². The molecule has 3 aliphatic heterocycles. The number of hydrogen-bond acceptors (Lipinski definition) is 16. The minimum absolute atomic E-state index is 0.533. The maximum atomic E-state index is 10.6. The summed E-state index contributed by atoms with van der Waals surface area (Å²) in [5, 5.41) is 99.8. The molecule has 15 unspecified atom stereocenters. The Balaban J connectivity index is 1.74. The lowest BCUT2D eigenvalue weighted by molar-refractivity contribution is -0.365. The van der Waals surface area contributed by atoms with E-state index < -0.39 is 112 Å². The van der Waals surface area contributed by atoms with Gasteiger partial charge in [-0.15, -0.1) is 0 Å². The Kier molecular flexibility index (Phi) is 10.1. The quantitative estimate of drug-likeness (QED) is 0.143. The van der Waals surface area contributed by atoms with Crippen LogP contribution in [0.4, 0.5) is 0 Å². The van der Waals surface area contributed by atoms with Crippen LogP contribution in [0.1, 0.15) is 0 Å². The van der Waals surface area contributed by atoms with Crippen LogP contribution in [-0.2, 0) is 28.4 Å². The van der Waals surface area contributed by atoms with Crippen LogP contribution >= 0.6 is 0 Å². The highest BCUT2D eigenvalue weighted by atomic mass is 16.8. The third kappa shape index (κ3) is 5.93. The summed E-state index contributed by atoms with van der Waals surface area (Å²) < 4.78 is 32.1. The van der Waals surface area contributed by atoms with Crippen molar-refractivity contribution in [3.05, 3.63) is 0 Å². The Morgan fingerprint density at radius 2 is 1.00 bits per heavy atom. The molecule has 0 radical (unpaired) electrons. The van der Waals surface area contributed by atoms with Gasteiger partial charge in [-0.05, 0) is 0 Å². The number of rotatable bonds is 8. The lowest BCUT2D eigenvalue weighted by Crippen LogP contribution is -2.65. The lowest BCUT2D eigenvalue weighted by Gasteiger charge is -2.46. The van der Waals surface area contributed by atoms with E-state index in [9.17, 15) is 51.1 Å². The van der Waals surface area contributed by atoms with Gasteiger partial charge in [-0.3, -0.25) is 0 Å². The largest absolute Gasteiger partial charge is 0.394 e. The van der Waals surface area contributed by atoms with Crippen LogP contribution in [0.5, 0.6) is 0 Å². The molecule has 206 valence electrons. The van der Waals surface area contributed by atoms with Gasteiger partial charge in [0.25, 0.3) is 0 Å². The molecule has 0 aromatic carbocycles. The van der Waals surface area contributed by atoms with E-state index in [0.717, 1.165) is 0 Å². The minimum atomic E-state index is -1.82. The number of aliphatic hydroxyl groups excluding tert-OH is 10. The van der Waals surface area contributed by atoms with Crippen molar-refractivity contribution in [1.82, 2.24) is 0 Å². The topological polar surface area (TPSA) is 258 Å². The molecule has 0 saturated carbocycles. The van der Waals surface area contributed by atoms with E-state index >= 15 is 0 Å².